The summed E-state index contributed by atoms with van der Waals surface area (Å²) in [6.45, 7) is 14.3. The molecule has 4 nitrogen and oxygen atoms in total. The maximum Gasteiger partial charge on any atom is 0.104 e. The Labute approximate surface area is 183 Å². The molecule has 4 atom stereocenters. The van der Waals surface area contributed by atoms with Gasteiger partial charge in [0.15, 0.2) is 0 Å². The van der Waals surface area contributed by atoms with Crippen LogP contribution < -0.4 is 0 Å². The van der Waals surface area contributed by atoms with Gasteiger partial charge in [0, 0.05) is 13.7 Å². The van der Waals surface area contributed by atoms with Crippen molar-refractivity contribution in [3.63, 3.8) is 0 Å². The van der Waals surface area contributed by atoms with Gasteiger partial charge in [-0.15, -0.1) is 0 Å². The molecule has 2 rings (SSSR count). The number of methoxy groups -OCH3 is 1. The van der Waals surface area contributed by atoms with Crippen molar-refractivity contribution in [3.05, 3.63) is 47.5 Å². The minimum atomic E-state index is -0.472. The molecule has 1 heterocycles. The van der Waals surface area contributed by atoms with Crippen molar-refractivity contribution in [3.8, 4) is 0 Å². The maximum atomic E-state index is 10.3. The van der Waals surface area contributed by atoms with Crippen molar-refractivity contribution < 1.29 is 19.3 Å². The van der Waals surface area contributed by atoms with E-state index in [4.69, 9.17) is 14.2 Å². The van der Waals surface area contributed by atoms with Crippen LogP contribution in [0, 0.1) is 0 Å². The largest absolute Gasteiger partial charge is 0.390 e. The lowest BCUT2D eigenvalue weighted by atomic mass is 9.87. The van der Waals surface area contributed by atoms with Crippen molar-refractivity contribution in [2.24, 2.45) is 0 Å². The van der Waals surface area contributed by atoms with Gasteiger partial charge in [0.25, 0.3) is 0 Å². The Morgan fingerprint density at radius 1 is 1.23 bits per heavy atom. The SMILES string of the molecule is C=C(C[C@@H](OC)[C@@H](CCCC)OCc1ccc(C(C)(C)C)cc1)[C@@H]1OCCC[C@H]1O. The molecule has 0 radical (unpaired) electrons. The molecule has 1 fully saturated rings. The van der Waals surface area contributed by atoms with E-state index in [-0.39, 0.29) is 23.7 Å². The molecule has 1 aliphatic rings. The summed E-state index contributed by atoms with van der Waals surface area (Å²) in [7, 11) is 1.73. The molecule has 1 saturated heterocycles. The van der Waals surface area contributed by atoms with Gasteiger partial charge in [-0.05, 0) is 47.8 Å². The van der Waals surface area contributed by atoms with E-state index in [1.807, 2.05) is 0 Å². The highest BCUT2D eigenvalue weighted by atomic mass is 16.5. The highest BCUT2D eigenvalue weighted by molar-refractivity contribution is 5.27. The zero-order valence-electron chi connectivity index (χ0n) is 19.7. The lowest BCUT2D eigenvalue weighted by molar-refractivity contribution is -0.0799. The standard InChI is InChI=1S/C26H42O4/c1-7-8-11-23(30-18-20-12-14-21(15-13-20)26(3,4)5)24(28-6)17-19(2)25-22(27)10-9-16-29-25/h12-15,22-25,27H,2,7-11,16-18H2,1,3-6H3/t22-,23-,24-,25+/m1/s1. The van der Waals surface area contributed by atoms with Crippen molar-refractivity contribution in [2.75, 3.05) is 13.7 Å². The number of ether oxygens (including phenoxy) is 3. The van der Waals surface area contributed by atoms with Crippen molar-refractivity contribution >= 4 is 0 Å². The van der Waals surface area contributed by atoms with E-state index in [2.05, 4.69) is 58.5 Å². The molecule has 1 aromatic rings. The van der Waals surface area contributed by atoms with E-state index < -0.39 is 6.10 Å². The summed E-state index contributed by atoms with van der Waals surface area (Å²) in [6.07, 6.45) is 4.55. The zero-order valence-corrected chi connectivity index (χ0v) is 19.7. The van der Waals surface area contributed by atoms with Crippen LogP contribution in [0.4, 0.5) is 0 Å². The molecule has 0 unspecified atom stereocenters. The topological polar surface area (TPSA) is 47.9 Å². The van der Waals surface area contributed by atoms with E-state index in [1.165, 1.54) is 11.1 Å². The Hall–Kier alpha value is -1.20. The third-order valence-corrected chi connectivity index (χ3v) is 6.00. The van der Waals surface area contributed by atoms with E-state index in [9.17, 15) is 5.11 Å². The van der Waals surface area contributed by atoms with Crippen molar-refractivity contribution in [2.45, 2.75) is 103 Å². The number of rotatable bonds is 11. The molecule has 30 heavy (non-hydrogen) atoms. The third kappa shape index (κ3) is 7.49. The smallest absolute Gasteiger partial charge is 0.104 e. The quantitative estimate of drug-likeness (QED) is 0.478. The molecule has 1 aliphatic heterocycles. The predicted octanol–water partition coefficient (Wildman–Crippen LogP) is 5.56. The summed E-state index contributed by atoms with van der Waals surface area (Å²) in [4.78, 5) is 0. The zero-order chi connectivity index (χ0) is 22.1. The minimum absolute atomic E-state index is 0.0188. The second-order valence-corrected chi connectivity index (χ2v) is 9.58. The second-order valence-electron chi connectivity index (χ2n) is 9.58. The first-order chi connectivity index (χ1) is 14.3. The number of hydrogen-bond donors (Lipinski definition) is 1. The van der Waals surface area contributed by atoms with Gasteiger partial charge in [-0.2, -0.15) is 0 Å². The highest BCUT2D eigenvalue weighted by Gasteiger charge is 2.30. The lowest BCUT2D eigenvalue weighted by Gasteiger charge is -2.33. The number of benzene rings is 1. The van der Waals surface area contributed by atoms with Crippen LogP contribution in [0.25, 0.3) is 0 Å². The Balaban J connectivity index is 2.00. The van der Waals surface area contributed by atoms with Gasteiger partial charge in [0.2, 0.25) is 0 Å². The number of aliphatic hydroxyl groups is 1. The fraction of sp³-hybridized carbons (Fsp3) is 0.692. The number of aliphatic hydroxyl groups excluding tert-OH is 1. The van der Waals surface area contributed by atoms with Crippen molar-refractivity contribution in [1.29, 1.82) is 0 Å². The van der Waals surface area contributed by atoms with Crippen LogP contribution >= 0.6 is 0 Å². The summed E-state index contributed by atoms with van der Waals surface area (Å²) in [5.41, 5.74) is 3.54. The summed E-state index contributed by atoms with van der Waals surface area (Å²) in [5, 5.41) is 10.3. The molecule has 1 aromatic carbocycles. The van der Waals surface area contributed by atoms with Crippen LogP contribution in [-0.2, 0) is 26.2 Å². The summed E-state index contributed by atoms with van der Waals surface area (Å²) in [6, 6.07) is 8.70. The fourth-order valence-corrected chi connectivity index (χ4v) is 3.98. The van der Waals surface area contributed by atoms with Gasteiger partial charge in [0.05, 0.1) is 24.9 Å². The van der Waals surface area contributed by atoms with E-state index >= 15 is 0 Å². The second kappa shape index (κ2) is 12.0. The normalized spacial score (nSPS) is 21.9. The van der Waals surface area contributed by atoms with Crippen LogP contribution in [0.3, 0.4) is 0 Å². The van der Waals surface area contributed by atoms with E-state index in [1.54, 1.807) is 7.11 Å². The predicted molar refractivity (Wildman–Crippen MR) is 123 cm³/mol. The molecule has 0 bridgehead atoms. The van der Waals surface area contributed by atoms with Gasteiger partial charge < -0.3 is 19.3 Å². The first-order valence-electron chi connectivity index (χ1n) is 11.5. The summed E-state index contributed by atoms with van der Waals surface area (Å²) >= 11 is 0. The first kappa shape index (κ1) is 25.1. The summed E-state index contributed by atoms with van der Waals surface area (Å²) < 4.78 is 18.0. The fourth-order valence-electron chi connectivity index (χ4n) is 3.98. The molecule has 0 aliphatic carbocycles. The Morgan fingerprint density at radius 3 is 2.50 bits per heavy atom. The van der Waals surface area contributed by atoms with E-state index in [0.29, 0.717) is 19.6 Å². The summed E-state index contributed by atoms with van der Waals surface area (Å²) in [5.74, 6) is 0. The number of unbranched alkanes of at least 4 members (excludes halogenated alkanes) is 1. The van der Waals surface area contributed by atoms with Gasteiger partial charge in [-0.1, -0.05) is 71.4 Å². The van der Waals surface area contributed by atoms with Crippen LogP contribution in [0.1, 0.15) is 77.3 Å². The average molecular weight is 419 g/mol. The Bertz CT molecular complexity index is 631. The number of hydrogen-bond acceptors (Lipinski definition) is 4. The third-order valence-electron chi connectivity index (χ3n) is 6.00. The van der Waals surface area contributed by atoms with Crippen LogP contribution in [-0.4, -0.2) is 43.2 Å². The molecule has 0 amide bonds. The Morgan fingerprint density at radius 2 is 1.93 bits per heavy atom. The molecular weight excluding hydrogens is 376 g/mol. The highest BCUT2D eigenvalue weighted by Crippen LogP contribution is 2.27. The molecule has 4 heteroatoms. The average Bonchev–Trinajstić information content (AvgIpc) is 2.72. The van der Waals surface area contributed by atoms with Gasteiger partial charge >= 0.3 is 0 Å². The first-order valence-corrected chi connectivity index (χ1v) is 11.5. The van der Waals surface area contributed by atoms with Gasteiger partial charge in [-0.25, -0.2) is 0 Å². The van der Waals surface area contributed by atoms with E-state index in [0.717, 1.165) is 37.7 Å². The molecule has 0 saturated carbocycles. The maximum absolute atomic E-state index is 10.3. The molecule has 170 valence electrons. The molecule has 0 aromatic heterocycles. The van der Waals surface area contributed by atoms with Crippen LogP contribution in [0.15, 0.2) is 36.4 Å². The monoisotopic (exact) mass is 418 g/mol. The lowest BCUT2D eigenvalue weighted by Crippen LogP contribution is -2.38. The molecule has 1 N–H and O–H groups in total. The van der Waals surface area contributed by atoms with Gasteiger partial charge in [0.1, 0.15) is 6.10 Å². The van der Waals surface area contributed by atoms with Crippen LogP contribution in [0.2, 0.25) is 0 Å². The van der Waals surface area contributed by atoms with Crippen LogP contribution in [0.5, 0.6) is 0 Å². The van der Waals surface area contributed by atoms with Crippen molar-refractivity contribution in [1.82, 2.24) is 0 Å². The molecule has 0 spiro atoms. The molecular formula is C26H42O4. The minimum Gasteiger partial charge on any atom is -0.390 e. The Kier molecular flexibility index (Phi) is 10.0. The van der Waals surface area contributed by atoms with Gasteiger partial charge in [-0.3, -0.25) is 0 Å².